The molecule has 2 aromatic carbocycles. The highest BCUT2D eigenvalue weighted by Crippen LogP contribution is 2.23. The summed E-state index contributed by atoms with van der Waals surface area (Å²) >= 11 is 0. The van der Waals surface area contributed by atoms with Crippen molar-refractivity contribution in [3.63, 3.8) is 0 Å². The Morgan fingerprint density at radius 2 is 1.75 bits per heavy atom. The monoisotopic (exact) mass is 270 g/mol. The van der Waals surface area contributed by atoms with Crippen LogP contribution in [0.3, 0.4) is 0 Å². The number of nitrogens with two attached hydrogens (primary N) is 1. The molecule has 0 saturated heterocycles. The van der Waals surface area contributed by atoms with Gasteiger partial charge in [-0.25, -0.2) is 0 Å². The number of para-hydroxylation sites is 1. The number of anilines is 2. The number of carbonyl (C=O) groups excluding carboxylic acids is 1. The van der Waals surface area contributed by atoms with Gasteiger partial charge in [-0.3, -0.25) is 4.79 Å². The lowest BCUT2D eigenvalue weighted by Crippen LogP contribution is -2.21. The topological polar surface area (TPSA) is 64.3 Å². The lowest BCUT2D eigenvalue weighted by molar-refractivity contribution is -0.118. The lowest BCUT2D eigenvalue weighted by atomic mass is 10.1. The van der Waals surface area contributed by atoms with Crippen molar-refractivity contribution < 1.29 is 9.53 Å². The summed E-state index contributed by atoms with van der Waals surface area (Å²) in [6.45, 7) is 3.81. The Morgan fingerprint density at radius 3 is 2.35 bits per heavy atom. The molecule has 0 aliphatic carbocycles. The van der Waals surface area contributed by atoms with Gasteiger partial charge >= 0.3 is 0 Å². The first-order chi connectivity index (χ1) is 9.56. The SMILES string of the molecule is Cc1cc(N)cc(C)c1NC(=O)COc1ccccc1. The number of carbonyl (C=O) groups is 1. The van der Waals surface area contributed by atoms with Crippen LogP contribution >= 0.6 is 0 Å². The summed E-state index contributed by atoms with van der Waals surface area (Å²) in [5.74, 6) is 0.484. The standard InChI is InChI=1S/C16H18N2O2/c1-11-8-13(17)9-12(2)16(11)18-15(19)10-20-14-6-4-3-5-7-14/h3-9H,10,17H2,1-2H3,(H,18,19). The number of hydrogen-bond acceptors (Lipinski definition) is 3. The minimum absolute atomic E-state index is 0.0206. The summed E-state index contributed by atoms with van der Waals surface area (Å²) in [6, 6.07) is 12.9. The van der Waals surface area contributed by atoms with E-state index in [1.54, 1.807) is 0 Å². The van der Waals surface area contributed by atoms with Gasteiger partial charge in [-0.1, -0.05) is 18.2 Å². The minimum atomic E-state index is -0.190. The van der Waals surface area contributed by atoms with Crippen molar-refractivity contribution in [1.82, 2.24) is 0 Å². The van der Waals surface area contributed by atoms with Crippen LogP contribution in [0.25, 0.3) is 0 Å². The molecule has 0 aliphatic rings. The van der Waals surface area contributed by atoms with Gasteiger partial charge in [0, 0.05) is 11.4 Å². The van der Waals surface area contributed by atoms with Crippen molar-refractivity contribution in [2.24, 2.45) is 0 Å². The van der Waals surface area contributed by atoms with Gasteiger partial charge in [0.25, 0.3) is 5.91 Å². The van der Waals surface area contributed by atoms with Crippen LogP contribution in [0, 0.1) is 13.8 Å². The van der Waals surface area contributed by atoms with Crippen LogP contribution in [0.2, 0.25) is 0 Å². The summed E-state index contributed by atoms with van der Waals surface area (Å²) < 4.78 is 5.41. The maximum absolute atomic E-state index is 11.9. The molecule has 0 atom stereocenters. The molecule has 0 aromatic heterocycles. The molecule has 0 radical (unpaired) electrons. The zero-order chi connectivity index (χ0) is 14.5. The van der Waals surface area contributed by atoms with Gasteiger partial charge < -0.3 is 15.8 Å². The van der Waals surface area contributed by atoms with Gasteiger partial charge in [-0.15, -0.1) is 0 Å². The maximum atomic E-state index is 11.9. The Morgan fingerprint density at radius 1 is 1.15 bits per heavy atom. The molecule has 2 aromatic rings. The molecule has 4 nitrogen and oxygen atoms in total. The third kappa shape index (κ3) is 3.51. The average Bonchev–Trinajstić information content (AvgIpc) is 2.42. The fourth-order valence-corrected chi connectivity index (χ4v) is 2.04. The van der Waals surface area contributed by atoms with Crippen molar-refractivity contribution >= 4 is 17.3 Å². The van der Waals surface area contributed by atoms with E-state index >= 15 is 0 Å². The third-order valence-electron chi connectivity index (χ3n) is 2.93. The number of aryl methyl sites for hydroxylation is 2. The highest BCUT2D eigenvalue weighted by atomic mass is 16.5. The van der Waals surface area contributed by atoms with Crippen molar-refractivity contribution in [3.05, 3.63) is 53.6 Å². The molecular weight excluding hydrogens is 252 g/mol. The normalized spacial score (nSPS) is 10.1. The molecule has 3 N–H and O–H groups in total. The van der Waals surface area contributed by atoms with Crippen LogP contribution in [0.4, 0.5) is 11.4 Å². The van der Waals surface area contributed by atoms with Gasteiger partial charge in [0.05, 0.1) is 0 Å². The zero-order valence-electron chi connectivity index (χ0n) is 11.6. The first kappa shape index (κ1) is 13.9. The van der Waals surface area contributed by atoms with Gasteiger partial charge in [-0.05, 0) is 49.2 Å². The Kier molecular flexibility index (Phi) is 4.25. The van der Waals surface area contributed by atoms with Crippen molar-refractivity contribution in [3.8, 4) is 5.75 Å². The van der Waals surface area contributed by atoms with E-state index < -0.39 is 0 Å². The molecule has 0 fully saturated rings. The lowest BCUT2D eigenvalue weighted by Gasteiger charge is -2.13. The zero-order valence-corrected chi connectivity index (χ0v) is 11.6. The molecule has 0 aliphatic heterocycles. The van der Waals surface area contributed by atoms with E-state index in [9.17, 15) is 4.79 Å². The number of benzene rings is 2. The summed E-state index contributed by atoms with van der Waals surface area (Å²) in [4.78, 5) is 11.9. The summed E-state index contributed by atoms with van der Waals surface area (Å²) in [5, 5.41) is 2.86. The second kappa shape index (κ2) is 6.10. The van der Waals surface area contributed by atoms with Crippen molar-refractivity contribution in [2.45, 2.75) is 13.8 Å². The fourth-order valence-electron chi connectivity index (χ4n) is 2.04. The molecule has 2 rings (SSSR count). The van der Waals surface area contributed by atoms with Gasteiger partial charge in [0.1, 0.15) is 5.75 Å². The second-order valence-corrected chi connectivity index (χ2v) is 4.68. The number of nitrogens with one attached hydrogen (secondary N) is 1. The quantitative estimate of drug-likeness (QED) is 0.840. The number of ether oxygens (including phenoxy) is 1. The molecular formula is C16H18N2O2. The van der Waals surface area contributed by atoms with Gasteiger partial charge in [-0.2, -0.15) is 0 Å². The highest BCUT2D eigenvalue weighted by molar-refractivity contribution is 5.93. The maximum Gasteiger partial charge on any atom is 0.262 e. The predicted octanol–water partition coefficient (Wildman–Crippen LogP) is 2.90. The van der Waals surface area contributed by atoms with Crippen LogP contribution in [-0.2, 0) is 4.79 Å². The first-order valence-corrected chi connectivity index (χ1v) is 6.40. The van der Waals surface area contributed by atoms with E-state index in [0.29, 0.717) is 11.4 Å². The van der Waals surface area contributed by atoms with Crippen LogP contribution < -0.4 is 15.8 Å². The smallest absolute Gasteiger partial charge is 0.262 e. The Hall–Kier alpha value is -2.49. The molecule has 0 spiro atoms. The van der Waals surface area contributed by atoms with Crippen LogP contribution in [0.15, 0.2) is 42.5 Å². The van der Waals surface area contributed by atoms with Crippen molar-refractivity contribution in [1.29, 1.82) is 0 Å². The number of nitrogen functional groups attached to an aromatic ring is 1. The molecule has 0 heterocycles. The second-order valence-electron chi connectivity index (χ2n) is 4.68. The largest absolute Gasteiger partial charge is 0.484 e. The van der Waals surface area contributed by atoms with E-state index in [1.165, 1.54) is 0 Å². The predicted molar refractivity (Wildman–Crippen MR) is 80.9 cm³/mol. The van der Waals surface area contributed by atoms with E-state index in [-0.39, 0.29) is 12.5 Å². The highest BCUT2D eigenvalue weighted by Gasteiger charge is 2.09. The van der Waals surface area contributed by atoms with Crippen LogP contribution in [-0.4, -0.2) is 12.5 Å². The summed E-state index contributed by atoms with van der Waals surface area (Å²) in [6.07, 6.45) is 0. The van der Waals surface area contributed by atoms with Crippen molar-refractivity contribution in [2.75, 3.05) is 17.7 Å². The molecule has 1 amide bonds. The fraction of sp³-hybridized carbons (Fsp3) is 0.188. The summed E-state index contributed by atoms with van der Waals surface area (Å²) in [7, 11) is 0. The molecule has 20 heavy (non-hydrogen) atoms. The molecule has 0 bridgehead atoms. The number of hydrogen-bond donors (Lipinski definition) is 2. The van der Waals surface area contributed by atoms with E-state index in [2.05, 4.69) is 5.32 Å². The van der Waals surface area contributed by atoms with E-state index in [1.807, 2.05) is 56.3 Å². The summed E-state index contributed by atoms with van der Waals surface area (Å²) in [5.41, 5.74) is 9.12. The molecule has 0 unspecified atom stereocenters. The van der Waals surface area contributed by atoms with Crippen LogP contribution in [0.1, 0.15) is 11.1 Å². The minimum Gasteiger partial charge on any atom is -0.484 e. The van der Waals surface area contributed by atoms with E-state index in [0.717, 1.165) is 16.8 Å². The average molecular weight is 270 g/mol. The third-order valence-corrected chi connectivity index (χ3v) is 2.93. The molecule has 4 heteroatoms. The molecule has 0 saturated carbocycles. The van der Waals surface area contributed by atoms with Gasteiger partial charge in [0.2, 0.25) is 0 Å². The Labute approximate surface area is 118 Å². The first-order valence-electron chi connectivity index (χ1n) is 6.40. The van der Waals surface area contributed by atoms with E-state index in [4.69, 9.17) is 10.5 Å². The molecule has 104 valence electrons. The van der Waals surface area contributed by atoms with Gasteiger partial charge in [0.15, 0.2) is 6.61 Å². The van der Waals surface area contributed by atoms with Crippen LogP contribution in [0.5, 0.6) is 5.75 Å². The Balaban J connectivity index is 1.98. The number of amides is 1. The number of rotatable bonds is 4. The Bertz CT molecular complexity index is 586.